The molecule has 0 aliphatic carbocycles. The largest absolute Gasteiger partial charge is 0.481 e. The van der Waals surface area contributed by atoms with Crippen LogP contribution in [0.5, 0.6) is 5.88 Å². The van der Waals surface area contributed by atoms with Gasteiger partial charge in [-0.15, -0.1) is 0 Å². The molecule has 0 fully saturated rings. The highest BCUT2D eigenvalue weighted by atomic mass is 32.2. The molecular weight excluding hydrogens is 261 g/mol. The van der Waals surface area contributed by atoms with E-state index in [0.717, 1.165) is 12.3 Å². The maximum absolute atomic E-state index is 13.6. The van der Waals surface area contributed by atoms with E-state index in [9.17, 15) is 12.8 Å². The fourth-order valence-electron chi connectivity index (χ4n) is 1.30. The number of anilines is 1. The Morgan fingerprint density at radius 3 is 2.78 bits per heavy atom. The minimum atomic E-state index is -3.61. The number of nitrogens with one attached hydrogen (secondary N) is 1. The third-order valence-corrected chi connectivity index (χ3v) is 2.56. The SMILES string of the molecule is COc1nc(NS(C)(=O)=O)c(F)cc1CCC#N. The van der Waals surface area contributed by atoms with Crippen LogP contribution in [0.4, 0.5) is 10.2 Å². The molecule has 1 N–H and O–H groups in total. The van der Waals surface area contributed by atoms with Crippen molar-refractivity contribution in [2.24, 2.45) is 0 Å². The second kappa shape index (κ2) is 5.64. The lowest BCUT2D eigenvalue weighted by atomic mass is 10.1. The monoisotopic (exact) mass is 273 g/mol. The van der Waals surface area contributed by atoms with Crippen molar-refractivity contribution >= 4 is 15.8 Å². The molecule has 0 atom stereocenters. The van der Waals surface area contributed by atoms with E-state index in [1.807, 2.05) is 10.8 Å². The fraction of sp³-hybridized carbons (Fsp3) is 0.400. The Balaban J connectivity index is 3.14. The fourth-order valence-corrected chi connectivity index (χ4v) is 1.80. The Bertz CT molecular complexity index is 581. The molecular formula is C10H12FN3O3S. The van der Waals surface area contributed by atoms with Crippen LogP contribution in [0.15, 0.2) is 6.07 Å². The van der Waals surface area contributed by atoms with Crippen LogP contribution in [0, 0.1) is 17.1 Å². The number of methoxy groups -OCH3 is 1. The predicted octanol–water partition coefficient (Wildman–Crippen LogP) is 1.06. The van der Waals surface area contributed by atoms with Crippen molar-refractivity contribution in [2.75, 3.05) is 18.1 Å². The highest BCUT2D eigenvalue weighted by molar-refractivity contribution is 7.92. The molecule has 1 aromatic rings. The van der Waals surface area contributed by atoms with Gasteiger partial charge in [0, 0.05) is 12.0 Å². The van der Waals surface area contributed by atoms with Crippen molar-refractivity contribution in [1.82, 2.24) is 4.98 Å². The number of pyridine rings is 1. The molecule has 0 aromatic carbocycles. The van der Waals surface area contributed by atoms with Crippen LogP contribution in [0.1, 0.15) is 12.0 Å². The number of aryl methyl sites for hydroxylation is 1. The lowest BCUT2D eigenvalue weighted by Crippen LogP contribution is -2.13. The van der Waals surface area contributed by atoms with Crippen molar-refractivity contribution in [3.8, 4) is 11.9 Å². The van der Waals surface area contributed by atoms with Gasteiger partial charge in [0.1, 0.15) is 0 Å². The van der Waals surface area contributed by atoms with Gasteiger partial charge in [-0.05, 0) is 12.5 Å². The molecule has 0 saturated carbocycles. The second-order valence-corrected chi connectivity index (χ2v) is 5.27. The van der Waals surface area contributed by atoms with Crippen molar-refractivity contribution in [3.63, 3.8) is 0 Å². The average Bonchev–Trinajstić information content (AvgIpc) is 2.27. The Morgan fingerprint density at radius 1 is 1.61 bits per heavy atom. The molecule has 1 heterocycles. The van der Waals surface area contributed by atoms with Gasteiger partial charge in [0.25, 0.3) is 0 Å². The minimum Gasteiger partial charge on any atom is -0.481 e. The molecule has 0 bridgehead atoms. The van der Waals surface area contributed by atoms with E-state index in [0.29, 0.717) is 5.56 Å². The van der Waals surface area contributed by atoms with Crippen LogP contribution >= 0.6 is 0 Å². The van der Waals surface area contributed by atoms with Gasteiger partial charge in [-0.3, -0.25) is 4.72 Å². The first-order valence-electron chi connectivity index (χ1n) is 4.95. The lowest BCUT2D eigenvalue weighted by Gasteiger charge is -2.10. The summed E-state index contributed by atoms with van der Waals surface area (Å²) in [5.74, 6) is -1.14. The Labute approximate surface area is 104 Å². The first kappa shape index (κ1) is 14.2. The van der Waals surface area contributed by atoms with E-state index in [1.165, 1.54) is 7.11 Å². The molecule has 0 radical (unpaired) electrons. The lowest BCUT2D eigenvalue weighted by molar-refractivity contribution is 0.391. The number of ether oxygens (including phenoxy) is 1. The van der Waals surface area contributed by atoms with Crippen LogP contribution in [-0.2, 0) is 16.4 Å². The summed E-state index contributed by atoms with van der Waals surface area (Å²) in [5, 5.41) is 8.47. The Kier molecular flexibility index (Phi) is 4.44. The average molecular weight is 273 g/mol. The smallest absolute Gasteiger partial charge is 0.231 e. The molecule has 0 aliphatic rings. The Hall–Kier alpha value is -1.88. The van der Waals surface area contributed by atoms with Gasteiger partial charge in [-0.25, -0.2) is 12.8 Å². The van der Waals surface area contributed by atoms with Gasteiger partial charge in [0.2, 0.25) is 15.9 Å². The maximum Gasteiger partial charge on any atom is 0.231 e. The summed E-state index contributed by atoms with van der Waals surface area (Å²) in [6.45, 7) is 0. The van der Waals surface area contributed by atoms with Crippen LogP contribution < -0.4 is 9.46 Å². The number of aromatic nitrogens is 1. The van der Waals surface area contributed by atoms with Crippen molar-refractivity contribution in [2.45, 2.75) is 12.8 Å². The van der Waals surface area contributed by atoms with Gasteiger partial charge in [-0.2, -0.15) is 10.2 Å². The zero-order valence-corrected chi connectivity index (χ0v) is 10.7. The van der Waals surface area contributed by atoms with E-state index >= 15 is 0 Å². The van der Waals surface area contributed by atoms with Gasteiger partial charge in [0.05, 0.1) is 19.4 Å². The molecule has 0 saturated heterocycles. The number of rotatable bonds is 5. The molecule has 18 heavy (non-hydrogen) atoms. The summed E-state index contributed by atoms with van der Waals surface area (Å²) in [6.07, 6.45) is 1.36. The molecule has 0 spiro atoms. The molecule has 8 heteroatoms. The van der Waals surface area contributed by atoms with Gasteiger partial charge in [-0.1, -0.05) is 0 Å². The minimum absolute atomic E-state index is 0.0952. The van der Waals surface area contributed by atoms with Gasteiger partial charge < -0.3 is 4.74 Å². The molecule has 0 aliphatic heterocycles. The van der Waals surface area contributed by atoms with Crippen molar-refractivity contribution < 1.29 is 17.5 Å². The first-order valence-corrected chi connectivity index (χ1v) is 6.84. The van der Waals surface area contributed by atoms with E-state index in [-0.39, 0.29) is 18.7 Å². The van der Waals surface area contributed by atoms with E-state index in [4.69, 9.17) is 10.00 Å². The number of nitrogens with zero attached hydrogens (tertiary/aromatic N) is 2. The summed E-state index contributed by atoms with van der Waals surface area (Å²) < 4.78 is 42.5. The van der Waals surface area contributed by atoms with Crippen LogP contribution in [0.2, 0.25) is 0 Å². The summed E-state index contributed by atoms with van der Waals surface area (Å²) in [5.41, 5.74) is 0.413. The number of sulfonamides is 1. The normalized spacial score (nSPS) is 10.8. The highest BCUT2D eigenvalue weighted by Crippen LogP contribution is 2.23. The topological polar surface area (TPSA) is 92.1 Å². The predicted molar refractivity (Wildman–Crippen MR) is 63.1 cm³/mol. The molecule has 6 nitrogen and oxygen atoms in total. The summed E-state index contributed by atoms with van der Waals surface area (Å²) in [7, 11) is -2.28. The number of nitriles is 1. The Morgan fingerprint density at radius 2 is 2.28 bits per heavy atom. The zero-order valence-electron chi connectivity index (χ0n) is 9.90. The highest BCUT2D eigenvalue weighted by Gasteiger charge is 2.15. The number of hydrogen-bond donors (Lipinski definition) is 1. The van der Waals surface area contributed by atoms with Gasteiger partial charge in [0.15, 0.2) is 11.6 Å². The number of hydrogen-bond acceptors (Lipinski definition) is 5. The summed E-state index contributed by atoms with van der Waals surface area (Å²) in [6, 6.07) is 3.03. The standard InChI is InChI=1S/C10H12FN3O3S/c1-17-10-7(4-3-5-12)6-8(11)9(13-10)14-18(2,15)16/h6H,3-4H2,1-2H3,(H,13,14). The molecule has 98 valence electrons. The quantitative estimate of drug-likeness (QED) is 0.865. The van der Waals surface area contributed by atoms with Crippen LogP contribution in [-0.4, -0.2) is 26.8 Å². The van der Waals surface area contributed by atoms with E-state index in [2.05, 4.69) is 4.98 Å². The molecule has 0 unspecified atom stereocenters. The maximum atomic E-state index is 13.6. The third kappa shape index (κ3) is 3.85. The van der Waals surface area contributed by atoms with Gasteiger partial charge >= 0.3 is 0 Å². The molecule has 1 rings (SSSR count). The number of halogens is 1. The van der Waals surface area contributed by atoms with E-state index in [1.54, 1.807) is 0 Å². The zero-order chi connectivity index (χ0) is 13.8. The van der Waals surface area contributed by atoms with Crippen molar-refractivity contribution in [1.29, 1.82) is 5.26 Å². The van der Waals surface area contributed by atoms with Crippen molar-refractivity contribution in [3.05, 3.63) is 17.4 Å². The second-order valence-electron chi connectivity index (χ2n) is 3.52. The molecule has 0 amide bonds. The third-order valence-electron chi connectivity index (χ3n) is 2.00. The van der Waals surface area contributed by atoms with Crippen LogP contribution in [0.25, 0.3) is 0 Å². The van der Waals surface area contributed by atoms with Crippen LogP contribution in [0.3, 0.4) is 0 Å². The van der Waals surface area contributed by atoms with E-state index < -0.39 is 21.7 Å². The summed E-state index contributed by atoms with van der Waals surface area (Å²) in [4.78, 5) is 3.73. The summed E-state index contributed by atoms with van der Waals surface area (Å²) >= 11 is 0. The molecule has 1 aromatic heterocycles. The first-order chi connectivity index (χ1) is 8.37.